The maximum atomic E-state index is 13.3. The zero-order valence-corrected chi connectivity index (χ0v) is 40.7. The Hall–Kier alpha value is -7.15. The van der Waals surface area contributed by atoms with Gasteiger partial charge in [0.25, 0.3) is 20.2 Å². The zero-order valence-electron chi connectivity index (χ0n) is 37.5. The zero-order chi connectivity index (χ0) is 49.0. The lowest BCUT2D eigenvalue weighted by Crippen LogP contribution is -2.16. The van der Waals surface area contributed by atoms with Crippen LogP contribution in [0.3, 0.4) is 0 Å². The second-order valence-electron chi connectivity index (χ2n) is 15.9. The molecule has 2 aliphatic rings. The summed E-state index contributed by atoms with van der Waals surface area (Å²) in [5, 5.41) is 33.2. The number of benzene rings is 5. The SMILES string of the molecule is CC(=O)Nc1nnc(Nc2c(C)cc(C)c(N=c3cc4oc5cc(Nc6c(C)cc(C)c(Nc7nnc(NC(C)=O)s7)c6C)ccc5c(-c5ccccc5S(=O)(=O)O)c-4cc3S(=O)(=O)O)c2C)s1. The monoisotopic (exact) mass is 994 g/mol. The van der Waals surface area contributed by atoms with Crippen LogP contribution >= 0.6 is 22.7 Å². The number of fused-ring (bicyclic) bond motifs is 2. The first-order valence-electron chi connectivity index (χ1n) is 20.4. The summed E-state index contributed by atoms with van der Waals surface area (Å²) in [6, 6.07) is 17.2. The predicted molar refractivity (Wildman–Crippen MR) is 263 cm³/mol. The summed E-state index contributed by atoms with van der Waals surface area (Å²) in [6.45, 7) is 14.0. The Morgan fingerprint density at radius 3 is 1.71 bits per heavy atom. The van der Waals surface area contributed by atoms with Gasteiger partial charge in [-0.2, -0.15) is 16.8 Å². The van der Waals surface area contributed by atoms with E-state index in [0.717, 1.165) is 45.0 Å². The van der Waals surface area contributed by atoms with Gasteiger partial charge in [-0.25, -0.2) is 4.99 Å². The Morgan fingerprint density at radius 2 is 1.13 bits per heavy atom. The molecule has 19 nitrogen and oxygen atoms in total. The van der Waals surface area contributed by atoms with Gasteiger partial charge >= 0.3 is 0 Å². The molecule has 350 valence electrons. The van der Waals surface area contributed by atoms with Crippen LogP contribution in [0, 0.1) is 41.5 Å². The molecule has 3 heterocycles. The van der Waals surface area contributed by atoms with E-state index < -0.39 is 30.0 Å². The molecule has 0 spiro atoms. The van der Waals surface area contributed by atoms with Gasteiger partial charge in [-0.15, -0.1) is 20.4 Å². The van der Waals surface area contributed by atoms with Gasteiger partial charge in [0.2, 0.25) is 32.3 Å². The second kappa shape index (κ2) is 18.2. The number of carbonyl (C=O) groups excluding carboxylic acids is 2. The van der Waals surface area contributed by atoms with Gasteiger partial charge in [0.05, 0.1) is 11.0 Å². The van der Waals surface area contributed by atoms with Gasteiger partial charge in [-0.05, 0) is 99.2 Å². The first kappa shape index (κ1) is 47.3. The van der Waals surface area contributed by atoms with Crippen molar-refractivity contribution in [3.05, 3.63) is 105 Å². The molecular formula is C45H42N10O9S4. The van der Waals surface area contributed by atoms with Gasteiger partial charge in [0.15, 0.2) is 0 Å². The Bertz CT molecular complexity index is 3660. The molecular weight excluding hydrogens is 953 g/mol. The smallest absolute Gasteiger partial charge is 0.296 e. The van der Waals surface area contributed by atoms with Crippen molar-refractivity contribution in [1.82, 2.24) is 20.4 Å². The van der Waals surface area contributed by atoms with E-state index in [0.29, 0.717) is 49.0 Å². The lowest BCUT2D eigenvalue weighted by Gasteiger charge is -2.21. The highest BCUT2D eigenvalue weighted by atomic mass is 32.2. The third-order valence-electron chi connectivity index (χ3n) is 10.8. The van der Waals surface area contributed by atoms with Gasteiger partial charge in [0, 0.05) is 70.8 Å². The quantitative estimate of drug-likeness (QED) is 0.0443. The van der Waals surface area contributed by atoms with E-state index in [1.807, 2.05) is 39.8 Å². The van der Waals surface area contributed by atoms with Crippen LogP contribution in [0.15, 0.2) is 85.9 Å². The van der Waals surface area contributed by atoms with E-state index >= 15 is 0 Å². The molecule has 8 rings (SSSR count). The van der Waals surface area contributed by atoms with Crippen LogP contribution in [0.2, 0.25) is 0 Å². The van der Waals surface area contributed by atoms with E-state index in [4.69, 9.17) is 9.41 Å². The fourth-order valence-electron chi connectivity index (χ4n) is 8.00. The van der Waals surface area contributed by atoms with Crippen LogP contribution in [0.1, 0.15) is 47.2 Å². The molecule has 2 amide bonds. The van der Waals surface area contributed by atoms with Crippen LogP contribution in [0.25, 0.3) is 33.4 Å². The van der Waals surface area contributed by atoms with Crippen molar-refractivity contribution in [1.29, 1.82) is 0 Å². The number of amides is 2. The maximum absolute atomic E-state index is 13.3. The van der Waals surface area contributed by atoms with E-state index in [1.54, 1.807) is 38.1 Å². The van der Waals surface area contributed by atoms with Crippen molar-refractivity contribution in [3.63, 3.8) is 0 Å². The molecule has 0 saturated carbocycles. The maximum Gasteiger partial charge on any atom is 0.296 e. The molecule has 4 aromatic carbocycles. The lowest BCUT2D eigenvalue weighted by atomic mass is 9.93. The molecule has 0 bridgehead atoms. The molecule has 0 saturated heterocycles. The van der Waals surface area contributed by atoms with Crippen molar-refractivity contribution in [3.8, 4) is 22.5 Å². The second-order valence-corrected chi connectivity index (χ2v) is 20.6. The number of hydrogen-bond donors (Lipinski definition) is 7. The molecule has 0 unspecified atom stereocenters. The van der Waals surface area contributed by atoms with Crippen molar-refractivity contribution in [2.45, 2.75) is 65.2 Å². The normalized spacial score (nSPS) is 12.1. The summed E-state index contributed by atoms with van der Waals surface area (Å²) in [4.78, 5) is 27.0. The van der Waals surface area contributed by atoms with Crippen molar-refractivity contribution < 1.29 is 39.9 Å². The molecule has 6 aromatic rings. The number of rotatable bonds is 12. The number of hydrogen-bond acceptors (Lipinski definition) is 17. The first-order chi connectivity index (χ1) is 32.0. The highest BCUT2D eigenvalue weighted by molar-refractivity contribution is 7.86. The fraction of sp³-hybridized carbons (Fsp3) is 0.178. The first-order valence-corrected chi connectivity index (χ1v) is 25.0. The summed E-state index contributed by atoms with van der Waals surface area (Å²) in [5.74, 6) is -0.520. The van der Waals surface area contributed by atoms with Crippen molar-refractivity contribution in [2.75, 3.05) is 26.6 Å². The predicted octanol–water partition coefficient (Wildman–Crippen LogP) is 9.63. The summed E-state index contributed by atoms with van der Waals surface area (Å²) >= 11 is 2.28. The minimum Gasteiger partial charge on any atom is -0.456 e. The molecule has 1 aliphatic heterocycles. The Kier molecular flexibility index (Phi) is 12.6. The van der Waals surface area contributed by atoms with Crippen LogP contribution in [-0.2, 0) is 29.8 Å². The molecule has 0 fully saturated rings. The molecule has 2 aromatic heterocycles. The fourth-order valence-corrected chi connectivity index (χ4v) is 10.7. The van der Waals surface area contributed by atoms with E-state index in [-0.39, 0.29) is 50.3 Å². The number of aryl methyl sites for hydroxylation is 4. The number of anilines is 8. The summed E-state index contributed by atoms with van der Waals surface area (Å²) in [5.41, 5.74) is 8.27. The number of nitrogens with zero attached hydrogens (tertiary/aromatic N) is 5. The van der Waals surface area contributed by atoms with Crippen LogP contribution in [0.4, 0.5) is 49.0 Å². The summed E-state index contributed by atoms with van der Waals surface area (Å²) in [7, 11) is -9.86. The number of carbonyl (C=O) groups is 2. The number of aromatic nitrogens is 4. The molecule has 0 radical (unpaired) electrons. The van der Waals surface area contributed by atoms with Gasteiger partial charge in [-0.1, -0.05) is 53.0 Å². The molecule has 7 N–H and O–H groups in total. The Labute approximate surface area is 397 Å². The minimum absolute atomic E-state index is 0.0334. The van der Waals surface area contributed by atoms with E-state index in [2.05, 4.69) is 47.0 Å². The van der Waals surface area contributed by atoms with Gasteiger partial charge in [-0.3, -0.25) is 18.7 Å². The lowest BCUT2D eigenvalue weighted by molar-refractivity contribution is -0.115. The third kappa shape index (κ3) is 9.65. The molecule has 68 heavy (non-hydrogen) atoms. The summed E-state index contributed by atoms with van der Waals surface area (Å²) < 4.78 is 80.3. The minimum atomic E-state index is -5.02. The third-order valence-corrected chi connectivity index (χ3v) is 14.1. The topological polar surface area (TPSA) is 280 Å². The van der Waals surface area contributed by atoms with Crippen LogP contribution in [-0.4, -0.2) is 58.2 Å². The Balaban J connectivity index is 1.32. The average Bonchev–Trinajstić information content (AvgIpc) is 3.89. The Morgan fingerprint density at radius 1 is 0.603 bits per heavy atom. The molecule has 0 atom stereocenters. The molecule has 23 heteroatoms. The standard InChI is InChI=1S/C45H42N10O9S4/c1-20-15-22(3)40(50-44-54-52-42(65-44)46-26(7)56)24(5)38(20)48-28-13-14-29-33(17-28)64-34-19-32(36(68(61,62)63)18-31(34)37(29)30-11-9-10-12-35(30)67(58,59)60)49-39-21(2)16-23(4)41(25(39)6)51-45-55-53-43(66-45)47-27(8)57/h9-19,48H,1-8H3,(H,50,54)(H,51,55)(H,46,52,56)(H,47,53,57)(H,58,59,60)(H,61,62,63). The highest BCUT2D eigenvalue weighted by Gasteiger charge is 2.27. The van der Waals surface area contributed by atoms with Gasteiger partial charge < -0.3 is 31.0 Å². The highest BCUT2D eigenvalue weighted by Crippen LogP contribution is 2.45. The van der Waals surface area contributed by atoms with E-state index in [1.165, 1.54) is 55.5 Å². The number of nitrogens with one attached hydrogen (secondary N) is 5. The van der Waals surface area contributed by atoms with E-state index in [9.17, 15) is 35.5 Å². The van der Waals surface area contributed by atoms with Crippen molar-refractivity contribution in [2.24, 2.45) is 4.99 Å². The summed E-state index contributed by atoms with van der Waals surface area (Å²) in [6.07, 6.45) is 0. The van der Waals surface area contributed by atoms with Crippen LogP contribution < -0.4 is 31.9 Å². The average molecular weight is 995 g/mol. The van der Waals surface area contributed by atoms with Crippen LogP contribution in [0.5, 0.6) is 0 Å². The molecule has 1 aliphatic carbocycles. The van der Waals surface area contributed by atoms with Gasteiger partial charge in [0.1, 0.15) is 21.1 Å². The van der Waals surface area contributed by atoms with Crippen molar-refractivity contribution >= 4 is 115 Å². The largest absolute Gasteiger partial charge is 0.456 e.